The van der Waals surface area contributed by atoms with Crippen molar-refractivity contribution in [3.8, 4) is 5.75 Å². The highest BCUT2D eigenvalue weighted by atomic mass is 79.9. The van der Waals surface area contributed by atoms with Gasteiger partial charge in [0.15, 0.2) is 11.7 Å². The Bertz CT molecular complexity index is 1530. The second-order valence-electron chi connectivity index (χ2n) is 10.7. The molecular formula is C32H37BrCl2N6O4. The normalized spacial score (nSPS) is 14.8. The van der Waals surface area contributed by atoms with Gasteiger partial charge in [0.1, 0.15) is 6.54 Å². The van der Waals surface area contributed by atoms with Crippen LogP contribution in [0.25, 0.3) is 0 Å². The number of amides is 1. The Morgan fingerprint density at radius 1 is 1.00 bits per heavy atom. The lowest BCUT2D eigenvalue weighted by Crippen LogP contribution is -2.53. The number of benzene rings is 3. The number of hydrogen-bond acceptors (Lipinski definition) is 6. The van der Waals surface area contributed by atoms with E-state index in [0.29, 0.717) is 74.8 Å². The third kappa shape index (κ3) is 8.80. The van der Waals surface area contributed by atoms with E-state index in [0.717, 1.165) is 17.7 Å². The van der Waals surface area contributed by atoms with Crippen LogP contribution in [0, 0.1) is 10.1 Å². The van der Waals surface area contributed by atoms with Crippen LogP contribution < -0.4 is 15.0 Å². The van der Waals surface area contributed by atoms with E-state index in [-0.39, 0.29) is 40.9 Å². The molecular weight excluding hydrogens is 683 g/mol. The van der Waals surface area contributed by atoms with Gasteiger partial charge in [0.05, 0.1) is 11.5 Å². The Kier molecular flexibility index (Phi) is 12.3. The quantitative estimate of drug-likeness (QED) is 0.130. The Balaban J connectivity index is 0.00000461. The molecule has 3 aromatic rings. The molecule has 2 heterocycles. The molecule has 13 heteroatoms. The molecule has 240 valence electrons. The number of halogens is 3. The molecule has 0 aromatic heterocycles. The lowest BCUT2D eigenvalue weighted by Gasteiger charge is -2.38. The number of piperazine rings is 1. The number of carbonyl (C=O) groups is 1. The van der Waals surface area contributed by atoms with Gasteiger partial charge in [-0.3, -0.25) is 14.9 Å². The zero-order valence-electron chi connectivity index (χ0n) is 25.1. The number of nitrogens with one attached hydrogen (secondary N) is 1. The molecule has 0 radical (unpaired) electrons. The second kappa shape index (κ2) is 16.1. The predicted molar refractivity (Wildman–Crippen MR) is 184 cm³/mol. The van der Waals surface area contributed by atoms with Crippen molar-refractivity contribution in [2.75, 3.05) is 57.3 Å². The van der Waals surface area contributed by atoms with Crippen molar-refractivity contribution in [1.82, 2.24) is 15.1 Å². The molecule has 1 fully saturated rings. The topological polar surface area (TPSA) is 104 Å². The van der Waals surface area contributed by atoms with Crippen molar-refractivity contribution in [3.05, 3.63) is 97.5 Å². The molecule has 1 amide bonds. The molecule has 1 saturated heterocycles. The van der Waals surface area contributed by atoms with Gasteiger partial charge in [0.25, 0.3) is 0 Å². The first-order chi connectivity index (χ1) is 21.3. The third-order valence-corrected chi connectivity index (χ3v) is 8.51. The van der Waals surface area contributed by atoms with Gasteiger partial charge in [0, 0.05) is 73.7 Å². The summed E-state index contributed by atoms with van der Waals surface area (Å²) in [6.45, 7) is 6.69. The summed E-state index contributed by atoms with van der Waals surface area (Å²) in [6.07, 6.45) is 1.50. The Morgan fingerprint density at radius 2 is 1.76 bits per heavy atom. The van der Waals surface area contributed by atoms with Gasteiger partial charge in [-0.2, -0.15) is 0 Å². The van der Waals surface area contributed by atoms with Crippen LogP contribution in [-0.4, -0.2) is 79.0 Å². The van der Waals surface area contributed by atoms with Crippen molar-refractivity contribution < 1.29 is 14.5 Å². The molecule has 1 N–H and O–H groups in total. The van der Waals surface area contributed by atoms with Crippen LogP contribution in [-0.2, 0) is 24.2 Å². The zero-order valence-corrected chi connectivity index (χ0v) is 28.3. The first kappa shape index (κ1) is 34.3. The molecule has 0 aliphatic carbocycles. The monoisotopic (exact) mass is 718 g/mol. The summed E-state index contributed by atoms with van der Waals surface area (Å²) in [6, 6.07) is 18.7. The van der Waals surface area contributed by atoms with Gasteiger partial charge >= 0.3 is 5.69 Å². The van der Waals surface area contributed by atoms with Crippen LogP contribution >= 0.6 is 40.2 Å². The Labute approximate surface area is 283 Å². The fourth-order valence-electron chi connectivity index (χ4n) is 5.55. The largest absolute Gasteiger partial charge is 0.487 e. The summed E-state index contributed by atoms with van der Waals surface area (Å²) in [4.78, 5) is 35.2. The average Bonchev–Trinajstić information content (AvgIpc) is 3.03. The van der Waals surface area contributed by atoms with E-state index in [2.05, 4.69) is 27.2 Å². The first-order valence-electron chi connectivity index (χ1n) is 14.8. The number of hydrogen-bond donors (Lipinski definition) is 1. The highest BCUT2D eigenvalue weighted by Gasteiger charge is 2.24. The summed E-state index contributed by atoms with van der Waals surface area (Å²) < 4.78 is 5.55. The highest BCUT2D eigenvalue weighted by Crippen LogP contribution is 2.32. The fourth-order valence-corrected chi connectivity index (χ4v) is 6.05. The van der Waals surface area contributed by atoms with Gasteiger partial charge in [-0.1, -0.05) is 53.5 Å². The first-order valence-corrected chi connectivity index (χ1v) is 15.6. The van der Waals surface area contributed by atoms with Crippen LogP contribution in [0.3, 0.4) is 0 Å². The van der Waals surface area contributed by atoms with Crippen LogP contribution in [0.4, 0.5) is 11.4 Å². The van der Waals surface area contributed by atoms with E-state index in [1.54, 1.807) is 25.1 Å². The third-order valence-electron chi connectivity index (χ3n) is 7.92. The molecule has 2 aliphatic heterocycles. The van der Waals surface area contributed by atoms with Gasteiger partial charge in [-0.05, 0) is 54.7 Å². The fraction of sp³-hybridized carbons (Fsp3) is 0.375. The summed E-state index contributed by atoms with van der Waals surface area (Å²) in [5, 5.41) is 16.1. The minimum atomic E-state index is -0.428. The van der Waals surface area contributed by atoms with E-state index in [1.807, 2.05) is 29.2 Å². The highest BCUT2D eigenvalue weighted by molar-refractivity contribution is 8.93. The number of nitro groups is 1. The summed E-state index contributed by atoms with van der Waals surface area (Å²) in [5.41, 5.74) is 4.27. The van der Waals surface area contributed by atoms with Gasteiger partial charge < -0.3 is 24.8 Å². The molecule has 0 atom stereocenters. The second-order valence-corrected chi connectivity index (χ2v) is 11.5. The van der Waals surface area contributed by atoms with Crippen molar-refractivity contribution in [2.45, 2.75) is 26.3 Å². The van der Waals surface area contributed by atoms with Gasteiger partial charge in [-0.25, -0.2) is 4.99 Å². The molecule has 45 heavy (non-hydrogen) atoms. The number of carbonyl (C=O) groups excluding carboxylic acids is 1. The summed E-state index contributed by atoms with van der Waals surface area (Å²) in [7, 11) is 0. The molecule has 3 aromatic carbocycles. The number of fused-ring (bicyclic) bond motifs is 1. The molecule has 0 saturated carbocycles. The number of guanidine groups is 1. The van der Waals surface area contributed by atoms with Crippen LogP contribution in [0.15, 0.2) is 65.7 Å². The number of aliphatic imine (C=N–C) groups is 1. The van der Waals surface area contributed by atoms with E-state index in [1.165, 1.54) is 17.2 Å². The SMILES string of the molecule is Br.CCOc1cc(N2CCN(C(=NCC(=O)N3CCc4ccccc4C3)NCCc3ccc(Cl)cc3Cl)CC2)ccc1[N+](=O)[O-]. The van der Waals surface area contributed by atoms with E-state index < -0.39 is 4.92 Å². The van der Waals surface area contributed by atoms with Crippen molar-refractivity contribution in [1.29, 1.82) is 0 Å². The molecule has 5 rings (SSSR count). The van der Waals surface area contributed by atoms with E-state index in [9.17, 15) is 14.9 Å². The van der Waals surface area contributed by atoms with E-state index >= 15 is 0 Å². The van der Waals surface area contributed by atoms with E-state index in [4.69, 9.17) is 32.9 Å². The minimum absolute atomic E-state index is 0. The number of nitrogens with zero attached hydrogens (tertiary/aromatic N) is 5. The van der Waals surface area contributed by atoms with Gasteiger partial charge in [-0.15, -0.1) is 17.0 Å². The Hall–Kier alpha value is -3.54. The van der Waals surface area contributed by atoms with Crippen LogP contribution in [0.1, 0.15) is 23.6 Å². The van der Waals surface area contributed by atoms with Gasteiger partial charge in [0.2, 0.25) is 5.91 Å². The van der Waals surface area contributed by atoms with Crippen molar-refractivity contribution in [3.63, 3.8) is 0 Å². The maximum Gasteiger partial charge on any atom is 0.311 e. The number of ether oxygens (including phenoxy) is 1. The standard InChI is InChI=1S/C32H36Cl2N6O4.BrH/c1-2-44-30-20-27(9-10-29(30)40(42)43)37-15-17-38(18-16-37)32(35-13-11-24-7-8-26(33)19-28(24)34)36-21-31(41)39-14-12-23-5-3-4-6-25(23)22-39;/h3-10,19-20H,2,11-18,21-22H2,1H3,(H,35,36);1H. The maximum absolute atomic E-state index is 13.2. The number of nitro benzene ring substituents is 1. The van der Waals surface area contributed by atoms with Crippen LogP contribution in [0.5, 0.6) is 5.75 Å². The summed E-state index contributed by atoms with van der Waals surface area (Å²) in [5.74, 6) is 0.924. The number of rotatable bonds is 9. The number of anilines is 1. The zero-order chi connectivity index (χ0) is 31.1. The molecule has 2 aliphatic rings. The molecule has 0 spiro atoms. The smallest absolute Gasteiger partial charge is 0.311 e. The Morgan fingerprint density at radius 3 is 2.47 bits per heavy atom. The van der Waals surface area contributed by atoms with Crippen molar-refractivity contribution >= 4 is 63.4 Å². The average molecular weight is 720 g/mol. The summed E-state index contributed by atoms with van der Waals surface area (Å²) >= 11 is 12.5. The predicted octanol–water partition coefficient (Wildman–Crippen LogP) is 5.77. The molecule has 0 bridgehead atoms. The minimum Gasteiger partial charge on any atom is -0.487 e. The van der Waals surface area contributed by atoms with Crippen LogP contribution in [0.2, 0.25) is 10.0 Å². The molecule has 10 nitrogen and oxygen atoms in total. The lowest BCUT2D eigenvalue weighted by molar-refractivity contribution is -0.385. The van der Waals surface area contributed by atoms with Crippen molar-refractivity contribution in [2.24, 2.45) is 4.99 Å². The maximum atomic E-state index is 13.2. The molecule has 0 unspecified atom stereocenters. The lowest BCUT2D eigenvalue weighted by atomic mass is 10.00.